The van der Waals surface area contributed by atoms with Gasteiger partial charge in [-0.05, 0) is 30.5 Å². The molecule has 0 spiro atoms. The number of hydrogen-bond acceptors (Lipinski definition) is 3. The summed E-state index contributed by atoms with van der Waals surface area (Å²) in [5.74, 6) is -1.42. The van der Waals surface area contributed by atoms with E-state index >= 15 is 0 Å². The van der Waals surface area contributed by atoms with Crippen LogP contribution in [0.5, 0.6) is 0 Å². The van der Waals surface area contributed by atoms with E-state index in [9.17, 15) is 22.8 Å². The average molecular weight is 417 g/mol. The quantitative estimate of drug-likeness (QED) is 0.801. The molecular formula is C22H22F3N3O2. The lowest BCUT2D eigenvalue weighted by Gasteiger charge is -2.33. The van der Waals surface area contributed by atoms with Gasteiger partial charge in [0.15, 0.2) is 0 Å². The van der Waals surface area contributed by atoms with E-state index in [0.29, 0.717) is 6.54 Å². The van der Waals surface area contributed by atoms with Crippen molar-refractivity contribution in [1.82, 2.24) is 4.90 Å². The van der Waals surface area contributed by atoms with Gasteiger partial charge < -0.3 is 5.32 Å². The molecule has 0 aromatic heterocycles. The third-order valence-electron chi connectivity index (χ3n) is 5.40. The van der Waals surface area contributed by atoms with Gasteiger partial charge in [0, 0.05) is 12.6 Å². The summed E-state index contributed by atoms with van der Waals surface area (Å²) in [6.07, 6.45) is -3.72. The van der Waals surface area contributed by atoms with Crippen LogP contribution in [0.15, 0.2) is 54.6 Å². The van der Waals surface area contributed by atoms with Crippen molar-refractivity contribution in [2.75, 3.05) is 16.8 Å². The first-order valence-electron chi connectivity index (χ1n) is 9.88. The molecule has 1 fully saturated rings. The minimum atomic E-state index is -4.73. The van der Waals surface area contributed by atoms with Gasteiger partial charge in [-0.3, -0.25) is 19.4 Å². The van der Waals surface area contributed by atoms with Crippen molar-refractivity contribution in [3.05, 3.63) is 60.2 Å². The number of benzene rings is 2. The Balaban J connectivity index is 1.64. The molecule has 1 atom stereocenters. The molecule has 1 aliphatic carbocycles. The zero-order valence-electron chi connectivity index (χ0n) is 16.2. The Morgan fingerprint density at radius 2 is 1.73 bits per heavy atom. The van der Waals surface area contributed by atoms with Crippen LogP contribution in [-0.2, 0) is 16.1 Å². The Kier molecular flexibility index (Phi) is 5.51. The Morgan fingerprint density at radius 3 is 2.40 bits per heavy atom. The first-order valence-corrected chi connectivity index (χ1v) is 9.88. The SMILES string of the molecule is O=C1CC(C(F)(F)F)N(C(=O)CN(Cc2ccccc2)C2CC2)c2ccccc2N1. The van der Waals surface area contributed by atoms with Gasteiger partial charge >= 0.3 is 6.18 Å². The van der Waals surface area contributed by atoms with Gasteiger partial charge in [0.1, 0.15) is 6.04 Å². The van der Waals surface area contributed by atoms with Gasteiger partial charge in [-0.15, -0.1) is 0 Å². The number of anilines is 2. The Labute approximate surface area is 172 Å². The van der Waals surface area contributed by atoms with Gasteiger partial charge in [-0.2, -0.15) is 13.2 Å². The van der Waals surface area contributed by atoms with Crippen LogP contribution < -0.4 is 10.2 Å². The summed E-state index contributed by atoms with van der Waals surface area (Å²) in [4.78, 5) is 28.0. The minimum Gasteiger partial charge on any atom is -0.324 e. The predicted octanol–water partition coefficient (Wildman–Crippen LogP) is 3.96. The molecule has 4 rings (SSSR count). The number of carbonyl (C=O) groups excluding carboxylic acids is 2. The molecule has 0 saturated heterocycles. The maximum absolute atomic E-state index is 13.9. The number of fused-ring (bicyclic) bond motifs is 1. The minimum absolute atomic E-state index is 0.0751. The van der Waals surface area contributed by atoms with E-state index in [1.807, 2.05) is 35.2 Å². The molecule has 2 aromatic rings. The Morgan fingerprint density at radius 1 is 1.07 bits per heavy atom. The summed E-state index contributed by atoms with van der Waals surface area (Å²) >= 11 is 0. The first-order chi connectivity index (χ1) is 14.3. The molecule has 2 amide bonds. The summed E-state index contributed by atoms with van der Waals surface area (Å²) in [7, 11) is 0. The number of nitrogens with zero attached hydrogens (tertiary/aromatic N) is 2. The van der Waals surface area contributed by atoms with E-state index in [4.69, 9.17) is 0 Å². The topological polar surface area (TPSA) is 52.7 Å². The molecule has 1 N–H and O–H groups in total. The van der Waals surface area contributed by atoms with Gasteiger partial charge in [0.2, 0.25) is 11.8 Å². The van der Waals surface area contributed by atoms with Gasteiger partial charge in [-0.25, -0.2) is 0 Å². The molecule has 8 heteroatoms. The van der Waals surface area contributed by atoms with Crippen molar-refractivity contribution in [2.24, 2.45) is 0 Å². The van der Waals surface area contributed by atoms with Crippen LogP contribution in [0.3, 0.4) is 0 Å². The van der Waals surface area contributed by atoms with Gasteiger partial charge in [0.05, 0.1) is 24.3 Å². The van der Waals surface area contributed by atoms with Crippen LogP contribution in [0, 0.1) is 0 Å². The van der Waals surface area contributed by atoms with Crippen LogP contribution in [-0.4, -0.2) is 41.5 Å². The lowest BCUT2D eigenvalue weighted by atomic mass is 10.1. The summed E-state index contributed by atoms with van der Waals surface area (Å²) < 4.78 is 41.6. The summed E-state index contributed by atoms with van der Waals surface area (Å²) in [5, 5.41) is 2.49. The maximum Gasteiger partial charge on any atom is 0.409 e. The Bertz CT molecular complexity index is 929. The highest BCUT2D eigenvalue weighted by molar-refractivity contribution is 6.05. The fourth-order valence-electron chi connectivity index (χ4n) is 3.82. The van der Waals surface area contributed by atoms with Crippen molar-refractivity contribution in [2.45, 2.75) is 44.1 Å². The van der Waals surface area contributed by atoms with E-state index in [-0.39, 0.29) is 24.0 Å². The van der Waals surface area contributed by atoms with Crippen molar-refractivity contribution < 1.29 is 22.8 Å². The molecule has 1 heterocycles. The molecule has 1 saturated carbocycles. The van der Waals surface area contributed by atoms with E-state index in [0.717, 1.165) is 23.3 Å². The number of carbonyl (C=O) groups is 2. The highest BCUT2D eigenvalue weighted by Gasteiger charge is 2.49. The fraction of sp³-hybridized carbons (Fsp3) is 0.364. The number of amides is 2. The lowest BCUT2D eigenvalue weighted by molar-refractivity contribution is -0.158. The number of nitrogens with one attached hydrogen (secondary N) is 1. The highest BCUT2D eigenvalue weighted by Crippen LogP contribution is 2.38. The molecule has 2 aliphatic rings. The number of hydrogen-bond donors (Lipinski definition) is 1. The average Bonchev–Trinajstić information content (AvgIpc) is 3.54. The summed E-state index contributed by atoms with van der Waals surface area (Å²) in [6.45, 7) is 0.343. The molecule has 0 radical (unpaired) electrons. The van der Waals surface area contributed by atoms with E-state index < -0.39 is 30.5 Å². The molecule has 0 bridgehead atoms. The van der Waals surface area contributed by atoms with Crippen LogP contribution >= 0.6 is 0 Å². The Hall–Kier alpha value is -2.87. The maximum atomic E-state index is 13.9. The lowest BCUT2D eigenvalue weighted by Crippen LogP contribution is -2.52. The molecule has 30 heavy (non-hydrogen) atoms. The van der Waals surface area contributed by atoms with Crippen molar-refractivity contribution in [3.8, 4) is 0 Å². The van der Waals surface area contributed by atoms with Crippen LogP contribution in [0.4, 0.5) is 24.5 Å². The smallest absolute Gasteiger partial charge is 0.324 e. The molecule has 1 aliphatic heterocycles. The molecule has 5 nitrogen and oxygen atoms in total. The number of rotatable bonds is 5. The normalized spacial score (nSPS) is 19.3. The largest absolute Gasteiger partial charge is 0.409 e. The predicted molar refractivity (Wildman–Crippen MR) is 107 cm³/mol. The third-order valence-corrected chi connectivity index (χ3v) is 5.40. The number of halogens is 3. The highest BCUT2D eigenvalue weighted by atomic mass is 19.4. The number of para-hydroxylation sites is 2. The van der Waals surface area contributed by atoms with Crippen LogP contribution in [0.2, 0.25) is 0 Å². The molecule has 2 aromatic carbocycles. The van der Waals surface area contributed by atoms with Crippen molar-refractivity contribution in [3.63, 3.8) is 0 Å². The standard InChI is InChI=1S/C22H22F3N3O2/c23-22(24,25)19-12-20(29)26-17-8-4-5-9-18(17)28(19)21(30)14-27(16-10-11-16)13-15-6-2-1-3-7-15/h1-9,16,19H,10-14H2,(H,26,29). The van der Waals surface area contributed by atoms with Crippen molar-refractivity contribution >= 4 is 23.2 Å². The second kappa shape index (κ2) is 8.10. The van der Waals surface area contributed by atoms with Crippen LogP contribution in [0.25, 0.3) is 0 Å². The zero-order valence-corrected chi connectivity index (χ0v) is 16.2. The summed E-state index contributed by atoms with van der Waals surface area (Å²) in [5.41, 5.74) is 1.28. The number of alkyl halides is 3. The van der Waals surface area contributed by atoms with E-state index in [1.54, 1.807) is 12.1 Å². The molecule has 158 valence electrons. The fourth-order valence-corrected chi connectivity index (χ4v) is 3.82. The van der Waals surface area contributed by atoms with E-state index in [2.05, 4.69) is 5.32 Å². The van der Waals surface area contributed by atoms with Gasteiger partial charge in [0.25, 0.3) is 0 Å². The third kappa shape index (κ3) is 4.48. The zero-order chi connectivity index (χ0) is 21.3. The first kappa shape index (κ1) is 20.4. The second-order valence-corrected chi connectivity index (χ2v) is 7.71. The molecule has 1 unspecified atom stereocenters. The van der Waals surface area contributed by atoms with Crippen LogP contribution in [0.1, 0.15) is 24.8 Å². The van der Waals surface area contributed by atoms with Crippen molar-refractivity contribution in [1.29, 1.82) is 0 Å². The van der Waals surface area contributed by atoms with E-state index in [1.165, 1.54) is 12.1 Å². The summed E-state index contributed by atoms with van der Waals surface area (Å²) in [6, 6.07) is 13.6. The van der Waals surface area contributed by atoms with Gasteiger partial charge in [-0.1, -0.05) is 42.5 Å². The monoisotopic (exact) mass is 417 g/mol. The molecular weight excluding hydrogens is 395 g/mol. The second-order valence-electron chi connectivity index (χ2n) is 7.71.